The summed E-state index contributed by atoms with van der Waals surface area (Å²) in [5, 5.41) is 4.41. The second kappa shape index (κ2) is 4.89. The van der Waals surface area contributed by atoms with Gasteiger partial charge in [-0.05, 0) is 41.4 Å². The van der Waals surface area contributed by atoms with Crippen molar-refractivity contribution in [2.75, 3.05) is 0 Å². The molecule has 1 aliphatic rings. The van der Waals surface area contributed by atoms with Gasteiger partial charge >= 0.3 is 0 Å². The lowest BCUT2D eigenvalue weighted by Gasteiger charge is -2.19. The lowest BCUT2D eigenvalue weighted by molar-refractivity contribution is 1.62. The van der Waals surface area contributed by atoms with Crippen LogP contribution in [-0.2, 0) is 6.42 Å². The zero-order valence-corrected chi connectivity index (χ0v) is 12.1. The van der Waals surface area contributed by atoms with Gasteiger partial charge in [-0.1, -0.05) is 78.9 Å². The van der Waals surface area contributed by atoms with Crippen LogP contribution in [-0.4, -0.2) is 0 Å². The van der Waals surface area contributed by atoms with Crippen molar-refractivity contribution in [3.05, 3.63) is 90.0 Å². The van der Waals surface area contributed by atoms with Gasteiger partial charge in [0.15, 0.2) is 0 Å². The Morgan fingerprint density at radius 3 is 1.80 bits per heavy atom. The molecular formula is C19H15P. The molecule has 0 saturated heterocycles. The van der Waals surface area contributed by atoms with Crippen LogP contribution in [0.3, 0.4) is 0 Å². The van der Waals surface area contributed by atoms with Crippen LogP contribution in [0, 0.1) is 0 Å². The number of rotatable bonds is 3. The number of hydrogen-bond donors (Lipinski definition) is 0. The Morgan fingerprint density at radius 2 is 1.20 bits per heavy atom. The summed E-state index contributed by atoms with van der Waals surface area (Å²) in [5.74, 6) is 0. The van der Waals surface area contributed by atoms with E-state index >= 15 is 0 Å². The van der Waals surface area contributed by atoms with Crippen LogP contribution in [0.1, 0.15) is 11.1 Å². The van der Waals surface area contributed by atoms with Gasteiger partial charge in [-0.2, -0.15) is 0 Å². The summed E-state index contributed by atoms with van der Waals surface area (Å²) in [6, 6.07) is 28.6. The van der Waals surface area contributed by atoms with E-state index in [9.17, 15) is 0 Å². The quantitative estimate of drug-likeness (QED) is 0.503. The fraction of sp³-hybridized carbons (Fsp3) is 0.0526. The topological polar surface area (TPSA) is 0 Å². The van der Waals surface area contributed by atoms with Crippen molar-refractivity contribution in [2.24, 2.45) is 0 Å². The second-order valence-electron chi connectivity index (χ2n) is 5.10. The first-order valence-corrected chi connectivity index (χ1v) is 8.28. The molecule has 0 fully saturated rings. The predicted molar refractivity (Wildman–Crippen MR) is 88.0 cm³/mol. The Hall–Kier alpha value is -1.91. The summed E-state index contributed by atoms with van der Waals surface area (Å²) in [6.45, 7) is 0. The lowest BCUT2D eigenvalue weighted by Crippen LogP contribution is -2.20. The smallest absolute Gasteiger partial charge is 0.00133 e. The van der Waals surface area contributed by atoms with Gasteiger partial charge in [0.25, 0.3) is 0 Å². The molecular weight excluding hydrogens is 259 g/mol. The third kappa shape index (κ3) is 2.07. The molecule has 1 aliphatic carbocycles. The molecule has 0 unspecified atom stereocenters. The molecule has 0 N–H and O–H groups in total. The highest BCUT2D eigenvalue weighted by Crippen LogP contribution is 2.39. The fourth-order valence-corrected chi connectivity index (χ4v) is 5.23. The molecule has 0 radical (unpaired) electrons. The lowest BCUT2D eigenvalue weighted by atomic mass is 10.4. The maximum absolute atomic E-state index is 2.32. The first kappa shape index (κ1) is 11.9. The Bertz CT molecular complexity index is 693. The first-order valence-electron chi connectivity index (χ1n) is 6.94. The van der Waals surface area contributed by atoms with E-state index in [0.717, 1.165) is 0 Å². The molecule has 96 valence electrons. The highest BCUT2D eigenvalue weighted by Gasteiger charge is 2.26. The summed E-state index contributed by atoms with van der Waals surface area (Å²) < 4.78 is 0. The minimum Gasteiger partial charge on any atom is -0.0622 e. The molecule has 0 amide bonds. The molecule has 0 spiro atoms. The van der Waals surface area contributed by atoms with Crippen LogP contribution < -0.4 is 15.9 Å². The highest BCUT2D eigenvalue weighted by atomic mass is 31.1. The van der Waals surface area contributed by atoms with Gasteiger partial charge < -0.3 is 0 Å². The molecule has 20 heavy (non-hydrogen) atoms. The minimum absolute atomic E-state index is 0.415. The van der Waals surface area contributed by atoms with Gasteiger partial charge in [0, 0.05) is 0 Å². The minimum atomic E-state index is -0.415. The Labute approximate surface area is 120 Å². The average molecular weight is 274 g/mol. The van der Waals surface area contributed by atoms with E-state index < -0.39 is 7.92 Å². The van der Waals surface area contributed by atoms with E-state index in [1.165, 1.54) is 27.9 Å². The van der Waals surface area contributed by atoms with E-state index in [-0.39, 0.29) is 0 Å². The molecule has 3 aromatic carbocycles. The van der Waals surface area contributed by atoms with E-state index in [1.54, 1.807) is 5.56 Å². The third-order valence-corrected chi connectivity index (χ3v) is 6.29. The largest absolute Gasteiger partial charge is 0.0622 e. The van der Waals surface area contributed by atoms with Crippen molar-refractivity contribution < 1.29 is 0 Å². The van der Waals surface area contributed by atoms with Crippen LogP contribution in [0.15, 0.2) is 78.9 Å². The summed E-state index contributed by atoms with van der Waals surface area (Å²) in [5.41, 5.74) is 3.10. The van der Waals surface area contributed by atoms with Gasteiger partial charge in [-0.15, -0.1) is 0 Å². The van der Waals surface area contributed by atoms with E-state index in [1.807, 2.05) is 0 Å². The Morgan fingerprint density at radius 1 is 0.600 bits per heavy atom. The zero-order valence-electron chi connectivity index (χ0n) is 11.2. The van der Waals surface area contributed by atoms with Crippen molar-refractivity contribution in [1.82, 2.24) is 0 Å². The maximum Gasteiger partial charge on any atom is -0.00133 e. The van der Waals surface area contributed by atoms with Crippen LogP contribution in [0.4, 0.5) is 0 Å². The van der Waals surface area contributed by atoms with Crippen LogP contribution in [0.25, 0.3) is 0 Å². The molecule has 1 heteroatoms. The number of hydrogen-bond acceptors (Lipinski definition) is 0. The molecule has 4 rings (SSSR count). The first-order chi connectivity index (χ1) is 9.93. The Kier molecular flexibility index (Phi) is 2.90. The van der Waals surface area contributed by atoms with Crippen molar-refractivity contribution in [1.29, 1.82) is 0 Å². The monoisotopic (exact) mass is 274 g/mol. The molecule has 0 heterocycles. The van der Waals surface area contributed by atoms with E-state index in [0.29, 0.717) is 0 Å². The van der Waals surface area contributed by atoms with E-state index in [4.69, 9.17) is 0 Å². The van der Waals surface area contributed by atoms with Crippen molar-refractivity contribution in [3.63, 3.8) is 0 Å². The van der Waals surface area contributed by atoms with Gasteiger partial charge in [-0.3, -0.25) is 0 Å². The molecule has 0 atom stereocenters. The SMILES string of the molecule is c1ccc(P(c2ccccc2)c2cccc3c2C3)cc1. The summed E-state index contributed by atoms with van der Waals surface area (Å²) in [4.78, 5) is 0. The van der Waals surface area contributed by atoms with Gasteiger partial charge in [0.1, 0.15) is 0 Å². The normalized spacial score (nSPS) is 12.2. The zero-order chi connectivity index (χ0) is 13.4. The third-order valence-electron chi connectivity index (χ3n) is 3.76. The molecule has 0 bridgehead atoms. The summed E-state index contributed by atoms with van der Waals surface area (Å²) in [7, 11) is -0.415. The fourth-order valence-electron chi connectivity index (χ4n) is 2.71. The number of fused-ring (bicyclic) bond motifs is 1. The van der Waals surface area contributed by atoms with Crippen LogP contribution in [0.2, 0.25) is 0 Å². The molecule has 0 aromatic heterocycles. The molecule has 0 nitrogen and oxygen atoms in total. The molecule has 3 aromatic rings. The van der Waals surface area contributed by atoms with Crippen molar-refractivity contribution in [2.45, 2.75) is 6.42 Å². The molecule has 0 saturated carbocycles. The van der Waals surface area contributed by atoms with Crippen LogP contribution in [0.5, 0.6) is 0 Å². The number of benzene rings is 3. The standard InChI is InChI=1S/C19H15P/c1-3-9-16(10-4-1)20(17-11-5-2-6-12-17)19-13-7-8-15-14-18(15)19/h1-13H,14H2. The van der Waals surface area contributed by atoms with Crippen molar-refractivity contribution in [3.8, 4) is 0 Å². The summed E-state index contributed by atoms with van der Waals surface area (Å²) >= 11 is 0. The molecule has 0 aliphatic heterocycles. The van der Waals surface area contributed by atoms with E-state index in [2.05, 4.69) is 78.9 Å². The van der Waals surface area contributed by atoms with Crippen LogP contribution >= 0.6 is 7.92 Å². The van der Waals surface area contributed by atoms with Crippen molar-refractivity contribution >= 4 is 23.8 Å². The van der Waals surface area contributed by atoms with Gasteiger partial charge in [0.2, 0.25) is 0 Å². The highest BCUT2D eigenvalue weighted by molar-refractivity contribution is 7.80. The Balaban J connectivity index is 1.89. The van der Waals surface area contributed by atoms with Gasteiger partial charge in [0.05, 0.1) is 0 Å². The summed E-state index contributed by atoms with van der Waals surface area (Å²) in [6.07, 6.45) is 1.18. The predicted octanol–water partition coefficient (Wildman–Crippen LogP) is 3.35. The second-order valence-corrected chi connectivity index (χ2v) is 7.28. The maximum atomic E-state index is 2.32. The van der Waals surface area contributed by atoms with Gasteiger partial charge in [-0.25, -0.2) is 0 Å². The average Bonchev–Trinajstić information content (AvgIpc) is 3.30.